The maximum Gasteiger partial charge on any atom is 0.352 e. The van der Waals surface area contributed by atoms with Gasteiger partial charge in [0.15, 0.2) is 5.65 Å². The van der Waals surface area contributed by atoms with Crippen molar-refractivity contribution >= 4 is 16.6 Å². The molecule has 1 fully saturated rings. The quantitative estimate of drug-likeness (QED) is 0.582. The average molecular weight is 317 g/mol. The second-order valence-electron chi connectivity index (χ2n) is 6.22. The van der Waals surface area contributed by atoms with Gasteiger partial charge in [-0.05, 0) is 36.6 Å². The molecule has 0 N–H and O–H groups in total. The van der Waals surface area contributed by atoms with Gasteiger partial charge in [0.05, 0.1) is 12.1 Å². The molecule has 3 heterocycles. The fourth-order valence-electron chi connectivity index (χ4n) is 3.11. The van der Waals surface area contributed by atoms with Gasteiger partial charge in [-0.25, -0.2) is 18.9 Å². The second-order valence-corrected chi connectivity index (χ2v) is 6.22. The number of para-hydroxylation sites is 1. The summed E-state index contributed by atoms with van der Waals surface area (Å²) >= 11 is 0. The molecule has 3 aromatic heterocycles. The summed E-state index contributed by atoms with van der Waals surface area (Å²) in [7, 11) is 0. The maximum absolute atomic E-state index is 12.9. The van der Waals surface area contributed by atoms with Crippen molar-refractivity contribution in [2.45, 2.75) is 25.3 Å². The summed E-state index contributed by atoms with van der Waals surface area (Å²) in [6.07, 6.45) is 5.65. The molecule has 1 aliphatic carbocycles. The highest BCUT2D eigenvalue weighted by Crippen LogP contribution is 2.39. The summed E-state index contributed by atoms with van der Waals surface area (Å²) < 4.78 is 3.20. The van der Waals surface area contributed by atoms with Crippen LogP contribution >= 0.6 is 0 Å². The minimum Gasteiger partial charge on any atom is -0.264 e. The van der Waals surface area contributed by atoms with Crippen LogP contribution in [0, 0.1) is 0 Å². The lowest BCUT2D eigenvalue weighted by atomic mass is 10.2. The Morgan fingerprint density at radius 1 is 1.12 bits per heavy atom. The number of rotatable bonds is 3. The van der Waals surface area contributed by atoms with Crippen LogP contribution in [0.5, 0.6) is 0 Å². The fourth-order valence-corrected chi connectivity index (χ4v) is 3.11. The standard InChI is InChI=1S/C18H15N5O/c24-18-22(11-12-4-3-9-19-10-12)21-17-14-5-1-2-6-15(14)20-16(23(17)18)13-7-8-13/h1-6,9-10,13H,7-8,11H2. The molecule has 0 radical (unpaired) electrons. The Bertz CT molecular complexity index is 1110. The first-order valence-corrected chi connectivity index (χ1v) is 8.08. The van der Waals surface area contributed by atoms with Crippen molar-refractivity contribution in [3.63, 3.8) is 0 Å². The minimum absolute atomic E-state index is 0.131. The third kappa shape index (κ3) is 2.03. The monoisotopic (exact) mass is 317 g/mol. The summed E-state index contributed by atoms with van der Waals surface area (Å²) in [5.74, 6) is 1.21. The minimum atomic E-state index is -0.131. The topological polar surface area (TPSA) is 65.1 Å². The number of benzene rings is 1. The SMILES string of the molecule is O=c1n(Cc2cccnc2)nc2c3ccccc3nc(C3CC3)n12. The normalized spacial score (nSPS) is 14.5. The molecule has 1 saturated carbocycles. The summed E-state index contributed by atoms with van der Waals surface area (Å²) in [6.45, 7) is 0.410. The van der Waals surface area contributed by atoms with E-state index in [4.69, 9.17) is 4.98 Å². The van der Waals surface area contributed by atoms with E-state index in [-0.39, 0.29) is 5.69 Å². The van der Waals surface area contributed by atoms with E-state index in [9.17, 15) is 4.79 Å². The molecule has 0 amide bonds. The molecule has 0 unspecified atom stereocenters. The van der Waals surface area contributed by atoms with E-state index in [1.165, 1.54) is 4.68 Å². The smallest absolute Gasteiger partial charge is 0.264 e. The van der Waals surface area contributed by atoms with Gasteiger partial charge >= 0.3 is 5.69 Å². The van der Waals surface area contributed by atoms with Gasteiger partial charge in [0.2, 0.25) is 0 Å². The highest BCUT2D eigenvalue weighted by molar-refractivity contribution is 5.91. The van der Waals surface area contributed by atoms with Gasteiger partial charge in [-0.3, -0.25) is 4.98 Å². The number of hydrogen-bond donors (Lipinski definition) is 0. The summed E-state index contributed by atoms with van der Waals surface area (Å²) in [6, 6.07) is 11.7. The summed E-state index contributed by atoms with van der Waals surface area (Å²) in [4.78, 5) is 21.8. The molecule has 6 heteroatoms. The zero-order chi connectivity index (χ0) is 16.1. The van der Waals surface area contributed by atoms with Crippen LogP contribution in [0.25, 0.3) is 16.6 Å². The Morgan fingerprint density at radius 2 is 2.00 bits per heavy atom. The third-order valence-electron chi connectivity index (χ3n) is 4.45. The van der Waals surface area contributed by atoms with Gasteiger partial charge < -0.3 is 0 Å². The third-order valence-corrected chi connectivity index (χ3v) is 4.45. The van der Waals surface area contributed by atoms with Crippen LogP contribution < -0.4 is 5.69 Å². The molecule has 5 rings (SSSR count). The number of aromatic nitrogens is 5. The lowest BCUT2D eigenvalue weighted by Gasteiger charge is -2.04. The van der Waals surface area contributed by atoms with Crippen LogP contribution in [-0.2, 0) is 6.54 Å². The van der Waals surface area contributed by atoms with Crippen LogP contribution in [-0.4, -0.2) is 24.1 Å². The van der Waals surface area contributed by atoms with Crippen molar-refractivity contribution in [3.8, 4) is 0 Å². The van der Waals surface area contributed by atoms with Crippen LogP contribution in [0.2, 0.25) is 0 Å². The van der Waals surface area contributed by atoms with Crippen LogP contribution in [0.15, 0.2) is 53.6 Å². The predicted octanol–water partition coefficient (Wildman–Crippen LogP) is 2.36. The first-order valence-electron chi connectivity index (χ1n) is 8.08. The zero-order valence-corrected chi connectivity index (χ0v) is 13.0. The van der Waals surface area contributed by atoms with E-state index >= 15 is 0 Å². The molecule has 118 valence electrons. The molecule has 6 nitrogen and oxygen atoms in total. The first kappa shape index (κ1) is 13.4. The van der Waals surface area contributed by atoms with Gasteiger partial charge in [-0.15, -0.1) is 5.10 Å². The number of hydrogen-bond acceptors (Lipinski definition) is 4. The van der Waals surface area contributed by atoms with Crippen LogP contribution in [0.3, 0.4) is 0 Å². The van der Waals surface area contributed by atoms with E-state index in [0.717, 1.165) is 35.1 Å². The predicted molar refractivity (Wildman–Crippen MR) is 90.1 cm³/mol. The number of pyridine rings is 1. The highest BCUT2D eigenvalue weighted by Gasteiger charge is 2.30. The maximum atomic E-state index is 12.9. The fraction of sp³-hybridized carbons (Fsp3) is 0.222. The molecule has 0 atom stereocenters. The number of nitrogens with zero attached hydrogens (tertiary/aromatic N) is 5. The van der Waals surface area contributed by atoms with Gasteiger partial charge in [-0.2, -0.15) is 0 Å². The molecule has 0 aliphatic heterocycles. The Kier molecular flexibility index (Phi) is 2.79. The highest BCUT2D eigenvalue weighted by atomic mass is 16.2. The first-order chi connectivity index (χ1) is 11.8. The van der Waals surface area contributed by atoms with E-state index in [1.54, 1.807) is 16.8 Å². The Balaban J connectivity index is 1.78. The summed E-state index contributed by atoms with van der Waals surface area (Å²) in [5.41, 5.74) is 2.41. The van der Waals surface area contributed by atoms with Gasteiger partial charge in [-0.1, -0.05) is 18.2 Å². The van der Waals surface area contributed by atoms with Gasteiger partial charge in [0.25, 0.3) is 0 Å². The van der Waals surface area contributed by atoms with Crippen molar-refractivity contribution < 1.29 is 0 Å². The van der Waals surface area contributed by atoms with Gasteiger partial charge in [0, 0.05) is 23.7 Å². The van der Waals surface area contributed by atoms with Crippen molar-refractivity contribution in [2.75, 3.05) is 0 Å². The Morgan fingerprint density at radius 3 is 2.79 bits per heavy atom. The lowest BCUT2D eigenvalue weighted by Crippen LogP contribution is -2.23. The molecule has 0 bridgehead atoms. The van der Waals surface area contributed by atoms with Crippen LogP contribution in [0.1, 0.15) is 30.1 Å². The lowest BCUT2D eigenvalue weighted by molar-refractivity contribution is 0.652. The molecular weight excluding hydrogens is 302 g/mol. The van der Waals surface area contributed by atoms with E-state index < -0.39 is 0 Å². The van der Waals surface area contributed by atoms with Crippen molar-refractivity contribution in [2.24, 2.45) is 0 Å². The van der Waals surface area contributed by atoms with Crippen LogP contribution in [0.4, 0.5) is 0 Å². The van der Waals surface area contributed by atoms with E-state index in [0.29, 0.717) is 18.1 Å². The van der Waals surface area contributed by atoms with Gasteiger partial charge in [0.1, 0.15) is 5.82 Å². The largest absolute Gasteiger partial charge is 0.352 e. The molecule has 1 aliphatic rings. The molecule has 4 aromatic rings. The number of fused-ring (bicyclic) bond motifs is 3. The summed E-state index contributed by atoms with van der Waals surface area (Å²) in [5, 5.41) is 5.51. The molecule has 0 saturated heterocycles. The van der Waals surface area contributed by atoms with E-state index in [1.807, 2.05) is 36.4 Å². The molecular formula is C18H15N5O. The van der Waals surface area contributed by atoms with Crippen molar-refractivity contribution in [1.29, 1.82) is 0 Å². The molecule has 24 heavy (non-hydrogen) atoms. The van der Waals surface area contributed by atoms with Crippen molar-refractivity contribution in [1.82, 2.24) is 24.1 Å². The second kappa shape index (κ2) is 4.99. The van der Waals surface area contributed by atoms with E-state index in [2.05, 4.69) is 10.1 Å². The average Bonchev–Trinajstić information content (AvgIpc) is 3.41. The van der Waals surface area contributed by atoms with Crippen molar-refractivity contribution in [3.05, 3.63) is 70.7 Å². The zero-order valence-electron chi connectivity index (χ0n) is 13.0. The molecule has 0 spiro atoms. The molecule has 1 aromatic carbocycles. The Labute approximate surface area is 137 Å². The Hall–Kier alpha value is -3.02.